The Kier molecular flexibility index (Phi) is 5.44. The summed E-state index contributed by atoms with van der Waals surface area (Å²) >= 11 is 3.51. The second-order valence-electron chi connectivity index (χ2n) is 4.73. The molecule has 1 aromatic rings. The van der Waals surface area contributed by atoms with Crippen molar-refractivity contribution in [2.45, 2.75) is 12.6 Å². The first kappa shape index (κ1) is 16.1. The maximum absolute atomic E-state index is 11.0. The predicted octanol–water partition coefficient (Wildman–Crippen LogP) is 1.75. The lowest BCUT2D eigenvalue weighted by Gasteiger charge is -2.31. The molecule has 1 N–H and O–H groups in total. The summed E-state index contributed by atoms with van der Waals surface area (Å²) in [7, 11) is 3.17. The molecule has 0 spiro atoms. The maximum atomic E-state index is 11.0. The second-order valence-corrected chi connectivity index (χ2v) is 5.59. The average Bonchev–Trinajstić information content (AvgIpc) is 2.49. The van der Waals surface area contributed by atoms with Gasteiger partial charge >= 0.3 is 5.97 Å². The minimum atomic E-state index is -0.925. The number of carboxylic acids is 1. The molecule has 21 heavy (non-hydrogen) atoms. The van der Waals surface area contributed by atoms with Crippen molar-refractivity contribution in [3.05, 3.63) is 22.2 Å². The molecule has 0 aromatic heterocycles. The van der Waals surface area contributed by atoms with Crippen LogP contribution in [0.15, 0.2) is 16.6 Å². The third kappa shape index (κ3) is 3.87. The van der Waals surface area contributed by atoms with Crippen molar-refractivity contribution in [1.82, 2.24) is 4.90 Å². The zero-order valence-corrected chi connectivity index (χ0v) is 13.6. The number of halogens is 1. The Balaban J connectivity index is 2.13. The van der Waals surface area contributed by atoms with Gasteiger partial charge in [-0.25, -0.2) is 4.79 Å². The normalized spacial score (nSPS) is 19.3. The molecule has 1 aromatic carbocycles. The van der Waals surface area contributed by atoms with Crippen molar-refractivity contribution in [3.8, 4) is 11.5 Å². The Hall–Kier alpha value is -1.31. The van der Waals surface area contributed by atoms with E-state index in [4.69, 9.17) is 19.3 Å². The molecule has 0 radical (unpaired) electrons. The Morgan fingerprint density at radius 3 is 2.71 bits per heavy atom. The summed E-state index contributed by atoms with van der Waals surface area (Å²) in [5.41, 5.74) is 1.01. The highest BCUT2D eigenvalue weighted by Gasteiger charge is 2.26. The summed E-state index contributed by atoms with van der Waals surface area (Å²) < 4.78 is 16.7. The van der Waals surface area contributed by atoms with Gasteiger partial charge in [0.15, 0.2) is 17.6 Å². The Morgan fingerprint density at radius 2 is 2.10 bits per heavy atom. The summed E-state index contributed by atoms with van der Waals surface area (Å²) in [6.45, 7) is 2.11. The van der Waals surface area contributed by atoms with Crippen molar-refractivity contribution in [3.63, 3.8) is 0 Å². The minimum absolute atomic E-state index is 0.371. The van der Waals surface area contributed by atoms with E-state index in [-0.39, 0.29) is 0 Å². The van der Waals surface area contributed by atoms with E-state index in [2.05, 4.69) is 15.9 Å². The van der Waals surface area contributed by atoms with E-state index in [0.29, 0.717) is 37.7 Å². The molecule has 1 heterocycles. The lowest BCUT2D eigenvalue weighted by molar-refractivity contribution is -0.156. The van der Waals surface area contributed by atoms with Gasteiger partial charge in [-0.1, -0.05) is 15.9 Å². The predicted molar refractivity (Wildman–Crippen MR) is 79.9 cm³/mol. The van der Waals surface area contributed by atoms with E-state index in [9.17, 15) is 4.79 Å². The summed E-state index contributed by atoms with van der Waals surface area (Å²) in [6, 6.07) is 3.75. The molecule has 0 saturated carbocycles. The van der Waals surface area contributed by atoms with Crippen LogP contribution in [-0.2, 0) is 16.1 Å². The van der Waals surface area contributed by atoms with Crippen LogP contribution in [0, 0.1) is 0 Å². The van der Waals surface area contributed by atoms with Gasteiger partial charge in [-0.15, -0.1) is 0 Å². The van der Waals surface area contributed by atoms with Crippen LogP contribution < -0.4 is 9.47 Å². The van der Waals surface area contributed by atoms with E-state index in [0.717, 1.165) is 10.0 Å². The van der Waals surface area contributed by atoms with Gasteiger partial charge in [-0.05, 0) is 17.7 Å². The standard InChI is InChI=1S/C14H18BrNO5/c1-19-11-5-9(10(15)6-12(11)20-2)7-16-3-4-21-13(8-16)14(17)18/h5-6,13H,3-4,7-8H2,1-2H3,(H,17,18). The lowest BCUT2D eigenvalue weighted by atomic mass is 10.1. The number of methoxy groups -OCH3 is 2. The van der Waals surface area contributed by atoms with E-state index < -0.39 is 12.1 Å². The molecular formula is C14H18BrNO5. The van der Waals surface area contributed by atoms with Gasteiger partial charge in [0.2, 0.25) is 0 Å². The highest BCUT2D eigenvalue weighted by molar-refractivity contribution is 9.10. The second kappa shape index (κ2) is 7.11. The zero-order valence-electron chi connectivity index (χ0n) is 12.0. The van der Waals surface area contributed by atoms with E-state index in [1.54, 1.807) is 14.2 Å². The van der Waals surface area contributed by atoms with Gasteiger partial charge in [-0.2, -0.15) is 0 Å². The highest BCUT2D eigenvalue weighted by Crippen LogP contribution is 2.34. The molecule has 1 aliphatic heterocycles. The Labute approximate surface area is 131 Å². The van der Waals surface area contributed by atoms with E-state index in [1.165, 1.54) is 0 Å². The van der Waals surface area contributed by atoms with Crippen LogP contribution in [0.4, 0.5) is 0 Å². The number of hydrogen-bond donors (Lipinski definition) is 1. The van der Waals surface area contributed by atoms with E-state index in [1.807, 2.05) is 17.0 Å². The average molecular weight is 360 g/mol. The molecule has 1 aliphatic rings. The first-order chi connectivity index (χ1) is 10.0. The lowest BCUT2D eigenvalue weighted by Crippen LogP contribution is -2.45. The number of hydrogen-bond acceptors (Lipinski definition) is 5. The molecule has 0 bridgehead atoms. The highest BCUT2D eigenvalue weighted by atomic mass is 79.9. The molecular weight excluding hydrogens is 342 g/mol. The van der Waals surface area contributed by atoms with Gasteiger partial charge in [0, 0.05) is 24.1 Å². The monoisotopic (exact) mass is 359 g/mol. The van der Waals surface area contributed by atoms with Gasteiger partial charge in [0.25, 0.3) is 0 Å². The fraction of sp³-hybridized carbons (Fsp3) is 0.500. The number of rotatable bonds is 5. The van der Waals surface area contributed by atoms with Gasteiger partial charge in [0.1, 0.15) is 0 Å². The quantitative estimate of drug-likeness (QED) is 0.863. The maximum Gasteiger partial charge on any atom is 0.334 e. The largest absolute Gasteiger partial charge is 0.493 e. The molecule has 0 aliphatic carbocycles. The third-order valence-electron chi connectivity index (χ3n) is 3.37. The number of morpholine rings is 1. The van der Waals surface area contributed by atoms with Crippen LogP contribution in [0.2, 0.25) is 0 Å². The fourth-order valence-corrected chi connectivity index (χ4v) is 2.70. The van der Waals surface area contributed by atoms with Gasteiger partial charge in [0.05, 0.1) is 20.8 Å². The third-order valence-corrected chi connectivity index (χ3v) is 4.11. The van der Waals surface area contributed by atoms with Gasteiger partial charge in [-0.3, -0.25) is 4.90 Å². The Bertz CT molecular complexity index is 522. The van der Waals surface area contributed by atoms with E-state index >= 15 is 0 Å². The van der Waals surface area contributed by atoms with Crippen molar-refractivity contribution in [2.24, 2.45) is 0 Å². The number of aliphatic carboxylic acids is 1. The van der Waals surface area contributed by atoms with Crippen LogP contribution in [0.25, 0.3) is 0 Å². The first-order valence-electron chi connectivity index (χ1n) is 6.52. The number of carbonyl (C=O) groups is 1. The molecule has 7 heteroatoms. The molecule has 6 nitrogen and oxygen atoms in total. The zero-order chi connectivity index (χ0) is 15.4. The first-order valence-corrected chi connectivity index (χ1v) is 7.31. The molecule has 1 saturated heterocycles. The molecule has 1 unspecified atom stereocenters. The number of ether oxygens (including phenoxy) is 3. The van der Waals surface area contributed by atoms with Crippen LogP contribution >= 0.6 is 15.9 Å². The van der Waals surface area contributed by atoms with Gasteiger partial charge < -0.3 is 19.3 Å². The number of benzene rings is 1. The number of carboxylic acid groups (broad SMARTS) is 1. The van der Waals surface area contributed by atoms with Crippen LogP contribution in [0.5, 0.6) is 11.5 Å². The molecule has 1 fully saturated rings. The van der Waals surface area contributed by atoms with Crippen molar-refractivity contribution in [2.75, 3.05) is 33.9 Å². The van der Waals surface area contributed by atoms with Crippen LogP contribution in [-0.4, -0.2) is 56.0 Å². The Morgan fingerprint density at radius 1 is 1.43 bits per heavy atom. The molecule has 0 amide bonds. The molecule has 1 atom stereocenters. The topological polar surface area (TPSA) is 68.2 Å². The molecule has 2 rings (SSSR count). The fourth-order valence-electron chi connectivity index (χ4n) is 2.25. The van der Waals surface area contributed by atoms with Crippen molar-refractivity contribution in [1.29, 1.82) is 0 Å². The van der Waals surface area contributed by atoms with Crippen molar-refractivity contribution < 1.29 is 24.1 Å². The van der Waals surface area contributed by atoms with Crippen LogP contribution in [0.3, 0.4) is 0 Å². The summed E-state index contributed by atoms with van der Waals surface area (Å²) in [5.74, 6) is 0.378. The summed E-state index contributed by atoms with van der Waals surface area (Å²) in [6.07, 6.45) is -0.766. The smallest absolute Gasteiger partial charge is 0.334 e. The van der Waals surface area contributed by atoms with Crippen LogP contribution in [0.1, 0.15) is 5.56 Å². The number of nitrogens with zero attached hydrogens (tertiary/aromatic N) is 1. The van der Waals surface area contributed by atoms with Crippen molar-refractivity contribution >= 4 is 21.9 Å². The molecule has 116 valence electrons. The minimum Gasteiger partial charge on any atom is -0.493 e. The summed E-state index contributed by atoms with van der Waals surface area (Å²) in [4.78, 5) is 13.1. The summed E-state index contributed by atoms with van der Waals surface area (Å²) in [5, 5.41) is 9.03. The SMILES string of the molecule is COc1cc(Br)c(CN2CCOC(C(=O)O)C2)cc1OC.